The molecule has 0 radical (unpaired) electrons. The van der Waals surface area contributed by atoms with Crippen molar-refractivity contribution < 1.29 is 28.6 Å². The van der Waals surface area contributed by atoms with Gasteiger partial charge in [-0.3, -0.25) is 14.4 Å². The molecule has 0 saturated carbocycles. The summed E-state index contributed by atoms with van der Waals surface area (Å²) in [6.45, 7) is 6.41. The molecule has 0 bridgehead atoms. The summed E-state index contributed by atoms with van der Waals surface area (Å²) in [7, 11) is 0. The van der Waals surface area contributed by atoms with E-state index in [4.69, 9.17) is 14.2 Å². The highest BCUT2D eigenvalue weighted by Crippen LogP contribution is 2.14. The Kier molecular flexibility index (Phi) is 56.9. The molecule has 0 rings (SSSR count). The third-order valence-electron chi connectivity index (χ3n) is 12.4. The van der Waals surface area contributed by atoms with Gasteiger partial charge in [0.1, 0.15) is 13.2 Å². The van der Waals surface area contributed by atoms with Crippen molar-refractivity contribution in [3.8, 4) is 0 Å². The lowest BCUT2D eigenvalue weighted by molar-refractivity contribution is -0.166. The standard InChI is InChI=1S/C67H110O6/c1-4-7-10-13-16-19-22-25-28-31-33-36-38-41-44-47-50-53-56-59-65(68)71-62-64(73-67(70)61-58-55-52-49-46-43-40-35-30-27-24-21-18-15-12-9-6-3)63-72-66(69)60-57-54-51-48-45-42-39-37-34-32-29-26-23-20-17-14-11-8-5-2/h9,12,16,18-19,21,25-30,33,36,40-41,43-44,50,53,64H,4-8,10-11,13-15,17,20,22-24,31-32,34-35,37-39,42,45-49,51-52,54-63H2,1-3H3/b12-9-,19-16-,21-18-,28-25-,29-26-,30-27-,36-33-,43-40-,44-41-,53-50-/t64-/m1/s1. The van der Waals surface area contributed by atoms with E-state index in [2.05, 4.69) is 136 Å². The zero-order valence-electron chi connectivity index (χ0n) is 47.4. The van der Waals surface area contributed by atoms with Gasteiger partial charge in [-0.25, -0.2) is 0 Å². The first-order valence-corrected chi connectivity index (χ1v) is 30.0. The maximum Gasteiger partial charge on any atom is 0.306 e. The molecule has 0 aromatic heterocycles. The van der Waals surface area contributed by atoms with Crippen LogP contribution in [0, 0.1) is 0 Å². The highest BCUT2D eigenvalue weighted by Gasteiger charge is 2.19. The summed E-state index contributed by atoms with van der Waals surface area (Å²) in [4.78, 5) is 38.2. The zero-order valence-corrected chi connectivity index (χ0v) is 47.4. The number of allylic oxidation sites excluding steroid dienone is 20. The summed E-state index contributed by atoms with van der Waals surface area (Å²) in [5.74, 6) is -1.03. The first-order valence-electron chi connectivity index (χ1n) is 30.0. The summed E-state index contributed by atoms with van der Waals surface area (Å²) in [5.41, 5.74) is 0. The predicted octanol–water partition coefficient (Wildman–Crippen LogP) is 20.4. The van der Waals surface area contributed by atoms with Gasteiger partial charge in [-0.15, -0.1) is 0 Å². The van der Waals surface area contributed by atoms with E-state index in [1.54, 1.807) is 0 Å². The Balaban J connectivity index is 4.54. The van der Waals surface area contributed by atoms with Crippen LogP contribution in [0.3, 0.4) is 0 Å². The second-order valence-electron chi connectivity index (χ2n) is 19.5. The van der Waals surface area contributed by atoms with Crippen LogP contribution in [0.4, 0.5) is 0 Å². The lowest BCUT2D eigenvalue weighted by atomic mass is 10.1. The summed E-state index contributed by atoms with van der Waals surface area (Å²) >= 11 is 0. The van der Waals surface area contributed by atoms with Gasteiger partial charge >= 0.3 is 17.9 Å². The van der Waals surface area contributed by atoms with Crippen molar-refractivity contribution >= 4 is 17.9 Å². The average Bonchev–Trinajstić information content (AvgIpc) is 3.39. The Bertz CT molecular complexity index is 1540. The average molecular weight is 1010 g/mol. The van der Waals surface area contributed by atoms with E-state index in [1.807, 2.05) is 6.08 Å². The van der Waals surface area contributed by atoms with Crippen LogP contribution < -0.4 is 0 Å². The number of hydrogen-bond donors (Lipinski definition) is 0. The highest BCUT2D eigenvalue weighted by molar-refractivity contribution is 5.71. The minimum absolute atomic E-state index is 0.114. The molecular formula is C67H110O6. The first kappa shape index (κ1) is 68.8. The number of esters is 3. The Morgan fingerprint density at radius 3 is 0.959 bits per heavy atom. The highest BCUT2D eigenvalue weighted by atomic mass is 16.6. The third kappa shape index (κ3) is 58.6. The van der Waals surface area contributed by atoms with Crippen LogP contribution in [0.2, 0.25) is 0 Å². The van der Waals surface area contributed by atoms with Gasteiger partial charge in [-0.1, -0.05) is 245 Å². The number of carbonyl (C=O) groups excluding carboxylic acids is 3. The fourth-order valence-corrected chi connectivity index (χ4v) is 7.94. The minimum Gasteiger partial charge on any atom is -0.462 e. The summed E-state index contributed by atoms with van der Waals surface area (Å²) in [6, 6.07) is 0. The van der Waals surface area contributed by atoms with E-state index in [9.17, 15) is 14.4 Å². The fourth-order valence-electron chi connectivity index (χ4n) is 7.94. The molecule has 0 amide bonds. The molecule has 0 saturated heterocycles. The van der Waals surface area contributed by atoms with E-state index >= 15 is 0 Å². The van der Waals surface area contributed by atoms with Gasteiger partial charge in [0, 0.05) is 19.3 Å². The lowest BCUT2D eigenvalue weighted by Gasteiger charge is -2.18. The van der Waals surface area contributed by atoms with Gasteiger partial charge in [-0.05, 0) is 122 Å². The molecule has 0 aliphatic rings. The van der Waals surface area contributed by atoms with Crippen molar-refractivity contribution in [1.82, 2.24) is 0 Å². The molecule has 0 spiro atoms. The minimum atomic E-state index is -0.826. The molecule has 73 heavy (non-hydrogen) atoms. The van der Waals surface area contributed by atoms with Crippen molar-refractivity contribution in [2.45, 2.75) is 271 Å². The molecule has 0 heterocycles. The van der Waals surface area contributed by atoms with Gasteiger partial charge in [0.15, 0.2) is 6.10 Å². The van der Waals surface area contributed by atoms with Gasteiger partial charge in [0.2, 0.25) is 0 Å². The van der Waals surface area contributed by atoms with Crippen LogP contribution in [-0.4, -0.2) is 37.2 Å². The maximum absolute atomic E-state index is 12.9. The first-order chi connectivity index (χ1) is 36.0. The number of unbranched alkanes of at least 4 members (excludes halogenated alkanes) is 22. The van der Waals surface area contributed by atoms with E-state index in [0.29, 0.717) is 12.8 Å². The summed E-state index contributed by atoms with van der Waals surface area (Å²) in [6.07, 6.45) is 83.4. The van der Waals surface area contributed by atoms with E-state index in [1.165, 1.54) is 116 Å². The quantitative estimate of drug-likeness (QED) is 0.0261. The monoisotopic (exact) mass is 1010 g/mol. The van der Waals surface area contributed by atoms with Crippen molar-refractivity contribution in [3.05, 3.63) is 122 Å². The van der Waals surface area contributed by atoms with Crippen LogP contribution in [0.25, 0.3) is 0 Å². The smallest absolute Gasteiger partial charge is 0.306 e. The largest absolute Gasteiger partial charge is 0.462 e. The Labute approximate surface area is 450 Å². The molecule has 0 aromatic carbocycles. The van der Waals surface area contributed by atoms with Gasteiger partial charge < -0.3 is 14.2 Å². The molecule has 0 N–H and O–H groups in total. The Morgan fingerprint density at radius 1 is 0.288 bits per heavy atom. The van der Waals surface area contributed by atoms with Crippen LogP contribution >= 0.6 is 0 Å². The molecule has 0 fully saturated rings. The topological polar surface area (TPSA) is 78.9 Å². The molecule has 6 nitrogen and oxygen atoms in total. The molecular weight excluding hydrogens is 901 g/mol. The Hall–Kier alpha value is -4.19. The summed E-state index contributed by atoms with van der Waals surface area (Å²) in [5, 5.41) is 0. The summed E-state index contributed by atoms with van der Waals surface area (Å²) < 4.78 is 16.8. The second kappa shape index (κ2) is 60.4. The molecule has 1 atom stereocenters. The normalized spacial score (nSPS) is 13.0. The number of carbonyl (C=O) groups is 3. The van der Waals surface area contributed by atoms with E-state index in [0.717, 1.165) is 103 Å². The van der Waals surface area contributed by atoms with E-state index in [-0.39, 0.29) is 44.0 Å². The van der Waals surface area contributed by atoms with Crippen molar-refractivity contribution in [3.63, 3.8) is 0 Å². The second-order valence-corrected chi connectivity index (χ2v) is 19.5. The molecule has 414 valence electrons. The zero-order chi connectivity index (χ0) is 52.9. The maximum atomic E-state index is 12.9. The van der Waals surface area contributed by atoms with Crippen LogP contribution in [-0.2, 0) is 28.6 Å². The molecule has 0 unspecified atom stereocenters. The lowest BCUT2D eigenvalue weighted by Crippen LogP contribution is -2.30. The number of rotatable bonds is 53. The van der Waals surface area contributed by atoms with Crippen molar-refractivity contribution in [2.24, 2.45) is 0 Å². The number of hydrogen-bond acceptors (Lipinski definition) is 6. The fraction of sp³-hybridized carbons (Fsp3) is 0.657. The van der Waals surface area contributed by atoms with Gasteiger partial charge in [-0.2, -0.15) is 0 Å². The molecule has 0 aliphatic heterocycles. The molecule has 0 aromatic rings. The van der Waals surface area contributed by atoms with Crippen LogP contribution in [0.5, 0.6) is 0 Å². The SMILES string of the molecule is CC/C=C\C/C=C\C/C=C\C/C=C\CCCCCCC(=O)O[C@H](COC(=O)CC/C=C\C/C=C\C/C=C\C/C=C\C/C=C\CCCCC)COC(=O)CCCCCCCCCCC/C=C\CCCCCCCC. The van der Waals surface area contributed by atoms with Crippen molar-refractivity contribution in [1.29, 1.82) is 0 Å². The van der Waals surface area contributed by atoms with E-state index < -0.39 is 6.10 Å². The van der Waals surface area contributed by atoms with Gasteiger partial charge in [0.25, 0.3) is 0 Å². The number of ether oxygens (including phenoxy) is 3. The molecule has 6 heteroatoms. The molecule has 0 aliphatic carbocycles. The third-order valence-corrected chi connectivity index (χ3v) is 12.4. The Morgan fingerprint density at radius 2 is 0.562 bits per heavy atom. The van der Waals surface area contributed by atoms with Crippen LogP contribution in [0.1, 0.15) is 265 Å². The predicted molar refractivity (Wildman–Crippen MR) is 316 cm³/mol. The van der Waals surface area contributed by atoms with Gasteiger partial charge in [0.05, 0.1) is 0 Å². The van der Waals surface area contributed by atoms with Crippen LogP contribution in [0.15, 0.2) is 122 Å². The van der Waals surface area contributed by atoms with Crippen molar-refractivity contribution in [2.75, 3.05) is 13.2 Å².